The standard InChI is InChI=1S/C6H9ClN2O3S2/c1-2-5-9(3-4-13-5)6(10)8-14(7,11)12/h2H,3-4H2,1H3,(H,8,10)/b5-2-. The fourth-order valence-corrected chi connectivity index (χ4v) is 2.53. The van der Waals surface area contributed by atoms with Crippen LogP contribution in [0.3, 0.4) is 0 Å². The van der Waals surface area contributed by atoms with Gasteiger partial charge in [-0.15, -0.1) is 11.8 Å². The van der Waals surface area contributed by atoms with Crippen molar-refractivity contribution < 1.29 is 13.2 Å². The maximum absolute atomic E-state index is 11.3. The van der Waals surface area contributed by atoms with Gasteiger partial charge < -0.3 is 0 Å². The molecule has 14 heavy (non-hydrogen) atoms. The molecule has 0 atom stereocenters. The topological polar surface area (TPSA) is 66.5 Å². The molecule has 1 aliphatic heterocycles. The van der Waals surface area contributed by atoms with Gasteiger partial charge in [-0.1, -0.05) is 6.08 Å². The number of amides is 2. The minimum atomic E-state index is -4.00. The van der Waals surface area contributed by atoms with Crippen LogP contribution < -0.4 is 4.72 Å². The number of nitrogens with one attached hydrogen (secondary N) is 1. The van der Waals surface area contributed by atoms with Crippen molar-refractivity contribution in [3.05, 3.63) is 11.1 Å². The molecular weight excluding hydrogens is 248 g/mol. The second kappa shape index (κ2) is 4.41. The molecule has 0 aromatic rings. The van der Waals surface area contributed by atoms with Gasteiger partial charge in [-0.05, 0) is 6.92 Å². The van der Waals surface area contributed by atoms with Crippen molar-refractivity contribution in [1.82, 2.24) is 9.62 Å². The molecule has 0 unspecified atom stereocenters. The van der Waals surface area contributed by atoms with Gasteiger partial charge >= 0.3 is 15.3 Å². The molecule has 1 fully saturated rings. The minimum Gasteiger partial charge on any atom is -0.287 e. The van der Waals surface area contributed by atoms with Crippen molar-refractivity contribution in [2.24, 2.45) is 0 Å². The molecule has 0 radical (unpaired) electrons. The second-order valence-electron chi connectivity index (χ2n) is 2.47. The number of hydrogen-bond acceptors (Lipinski definition) is 4. The number of nitrogens with zero attached hydrogens (tertiary/aromatic N) is 1. The molecule has 1 N–H and O–H groups in total. The van der Waals surface area contributed by atoms with E-state index < -0.39 is 15.3 Å². The van der Waals surface area contributed by atoms with E-state index in [9.17, 15) is 13.2 Å². The third-order valence-corrected chi connectivity index (χ3v) is 3.32. The molecule has 0 saturated carbocycles. The van der Waals surface area contributed by atoms with Crippen molar-refractivity contribution >= 4 is 37.7 Å². The molecule has 0 spiro atoms. The number of urea groups is 1. The fourth-order valence-electron chi connectivity index (χ4n) is 1.03. The summed E-state index contributed by atoms with van der Waals surface area (Å²) in [6, 6.07) is -0.710. The smallest absolute Gasteiger partial charge is 0.287 e. The molecule has 2 amide bonds. The van der Waals surface area contributed by atoms with Gasteiger partial charge in [0, 0.05) is 23.0 Å². The fraction of sp³-hybridized carbons (Fsp3) is 0.500. The van der Waals surface area contributed by atoms with Gasteiger partial charge in [0.15, 0.2) is 0 Å². The molecule has 1 heterocycles. The van der Waals surface area contributed by atoms with Gasteiger partial charge in [0.2, 0.25) is 0 Å². The van der Waals surface area contributed by atoms with Gasteiger partial charge in [0.1, 0.15) is 0 Å². The maximum atomic E-state index is 11.3. The molecule has 80 valence electrons. The van der Waals surface area contributed by atoms with Gasteiger partial charge in [-0.3, -0.25) is 4.90 Å². The Kier molecular flexibility index (Phi) is 3.68. The Morgan fingerprint density at radius 1 is 1.71 bits per heavy atom. The highest BCUT2D eigenvalue weighted by molar-refractivity contribution is 8.12. The summed E-state index contributed by atoms with van der Waals surface area (Å²) in [7, 11) is 0.887. The lowest BCUT2D eigenvalue weighted by molar-refractivity contribution is 0.223. The summed E-state index contributed by atoms with van der Waals surface area (Å²) < 4.78 is 22.8. The lowest BCUT2D eigenvalue weighted by atomic mass is 10.6. The molecule has 0 aliphatic carbocycles. The maximum Gasteiger partial charge on any atom is 0.336 e. The first-order valence-corrected chi connectivity index (χ1v) is 7.06. The third kappa shape index (κ3) is 3.07. The Bertz CT molecular complexity index is 365. The summed E-state index contributed by atoms with van der Waals surface area (Å²) >= 11 is 1.49. The normalized spacial score (nSPS) is 20.1. The van der Waals surface area contributed by atoms with Crippen LogP contribution in [0.1, 0.15) is 6.92 Å². The summed E-state index contributed by atoms with van der Waals surface area (Å²) in [6.07, 6.45) is 1.75. The Balaban J connectivity index is 2.71. The largest absolute Gasteiger partial charge is 0.336 e. The molecule has 1 rings (SSSR count). The Labute approximate surface area is 91.0 Å². The van der Waals surface area contributed by atoms with Gasteiger partial charge in [-0.25, -0.2) is 9.52 Å². The molecule has 5 nitrogen and oxygen atoms in total. The molecule has 1 aliphatic rings. The van der Waals surface area contributed by atoms with E-state index in [1.807, 2.05) is 0 Å². The van der Waals surface area contributed by atoms with E-state index in [4.69, 9.17) is 10.7 Å². The van der Waals surface area contributed by atoms with E-state index >= 15 is 0 Å². The lowest BCUT2D eigenvalue weighted by Gasteiger charge is -2.15. The number of carbonyl (C=O) groups excluding carboxylic acids is 1. The monoisotopic (exact) mass is 256 g/mol. The van der Waals surface area contributed by atoms with Crippen LogP contribution in [0, 0.1) is 0 Å². The van der Waals surface area contributed by atoms with E-state index in [2.05, 4.69) is 0 Å². The van der Waals surface area contributed by atoms with Crippen molar-refractivity contribution in [3.8, 4) is 0 Å². The van der Waals surface area contributed by atoms with E-state index in [0.717, 1.165) is 10.8 Å². The van der Waals surface area contributed by atoms with E-state index in [-0.39, 0.29) is 0 Å². The van der Waals surface area contributed by atoms with E-state index in [0.29, 0.717) is 6.54 Å². The van der Waals surface area contributed by atoms with Crippen LogP contribution in [0.15, 0.2) is 11.1 Å². The number of rotatable bonds is 1. The van der Waals surface area contributed by atoms with Crippen LogP contribution in [0.25, 0.3) is 0 Å². The quantitative estimate of drug-likeness (QED) is 0.714. The van der Waals surface area contributed by atoms with E-state index in [1.165, 1.54) is 16.7 Å². The summed E-state index contributed by atoms with van der Waals surface area (Å²) in [4.78, 5) is 12.7. The van der Waals surface area contributed by atoms with E-state index in [1.54, 1.807) is 17.7 Å². The van der Waals surface area contributed by atoms with Gasteiger partial charge in [0.05, 0.1) is 5.03 Å². The van der Waals surface area contributed by atoms with Crippen molar-refractivity contribution in [1.29, 1.82) is 0 Å². The highest BCUT2D eigenvalue weighted by Gasteiger charge is 2.25. The van der Waals surface area contributed by atoms with Crippen LogP contribution in [-0.2, 0) is 9.24 Å². The Hall–Kier alpha value is -0.400. The van der Waals surface area contributed by atoms with Crippen molar-refractivity contribution in [3.63, 3.8) is 0 Å². The van der Waals surface area contributed by atoms with Crippen LogP contribution in [0.5, 0.6) is 0 Å². The molecule has 0 bridgehead atoms. The third-order valence-electron chi connectivity index (χ3n) is 1.53. The van der Waals surface area contributed by atoms with Crippen LogP contribution in [0.2, 0.25) is 0 Å². The lowest BCUT2D eigenvalue weighted by Crippen LogP contribution is -2.38. The number of thioether (sulfide) groups is 1. The van der Waals surface area contributed by atoms with Crippen LogP contribution >= 0.6 is 22.4 Å². The molecule has 1 saturated heterocycles. The second-order valence-corrected chi connectivity index (χ2v) is 5.89. The molecule has 8 heteroatoms. The van der Waals surface area contributed by atoms with Gasteiger partial charge in [-0.2, -0.15) is 8.42 Å². The number of carbonyl (C=O) groups is 1. The average Bonchev–Trinajstić information content (AvgIpc) is 2.47. The SMILES string of the molecule is C/C=C1\SCCN1C(=O)NS(=O)(=O)Cl. The zero-order chi connectivity index (χ0) is 10.8. The van der Waals surface area contributed by atoms with Crippen LogP contribution in [0.4, 0.5) is 4.79 Å². The van der Waals surface area contributed by atoms with Crippen LogP contribution in [-0.4, -0.2) is 31.6 Å². The average molecular weight is 257 g/mol. The van der Waals surface area contributed by atoms with Crippen molar-refractivity contribution in [2.45, 2.75) is 6.92 Å². The van der Waals surface area contributed by atoms with Gasteiger partial charge in [0.25, 0.3) is 0 Å². The first kappa shape index (κ1) is 11.7. The highest BCUT2D eigenvalue weighted by atomic mass is 35.7. The summed E-state index contributed by atoms with van der Waals surface area (Å²) in [5, 5.41) is 0.739. The zero-order valence-electron chi connectivity index (χ0n) is 7.36. The number of hydrogen-bond donors (Lipinski definition) is 1. The Morgan fingerprint density at radius 2 is 2.36 bits per heavy atom. The summed E-state index contributed by atoms with van der Waals surface area (Å²) in [5.74, 6) is 0.759. The molecular formula is C6H9ClN2O3S2. The zero-order valence-corrected chi connectivity index (χ0v) is 9.75. The molecule has 0 aromatic carbocycles. The van der Waals surface area contributed by atoms with Crippen molar-refractivity contribution in [2.75, 3.05) is 12.3 Å². The summed E-state index contributed by atoms with van der Waals surface area (Å²) in [5.41, 5.74) is 0. The Morgan fingerprint density at radius 3 is 2.86 bits per heavy atom. The predicted molar refractivity (Wildman–Crippen MR) is 56.2 cm³/mol. The number of allylic oxidation sites excluding steroid dienone is 1. The summed E-state index contributed by atoms with van der Waals surface area (Å²) in [6.45, 7) is 2.27. The minimum absolute atomic E-state index is 0.489. The highest BCUT2D eigenvalue weighted by Crippen LogP contribution is 2.27. The number of halogens is 1. The first-order chi connectivity index (χ1) is 6.44. The predicted octanol–water partition coefficient (Wildman–Crippen LogP) is 1.09. The first-order valence-electron chi connectivity index (χ1n) is 3.77. The molecule has 0 aromatic heterocycles.